The highest BCUT2D eigenvalue weighted by molar-refractivity contribution is 5.92. The van der Waals surface area contributed by atoms with E-state index in [1.54, 1.807) is 13.0 Å². The molecule has 1 N–H and O–H groups in total. The zero-order valence-corrected chi connectivity index (χ0v) is 12.1. The number of ether oxygens (including phenoxy) is 2. The molecule has 1 heterocycles. The average Bonchev–Trinajstić information content (AvgIpc) is 3.26. The SMILES string of the molecule is CCC(=Cc1cc(F)ccc1[C@@H](C)OCC1CO1)C(=O)O. The van der Waals surface area contributed by atoms with Gasteiger partial charge in [0.2, 0.25) is 0 Å². The predicted octanol–water partition coefficient (Wildman–Crippen LogP) is 3.18. The number of carboxylic acids is 1. The Morgan fingerprint density at radius 2 is 2.33 bits per heavy atom. The Morgan fingerprint density at radius 3 is 2.90 bits per heavy atom. The van der Waals surface area contributed by atoms with Gasteiger partial charge in [-0.1, -0.05) is 13.0 Å². The summed E-state index contributed by atoms with van der Waals surface area (Å²) in [6.07, 6.45) is 1.77. The maximum atomic E-state index is 13.5. The summed E-state index contributed by atoms with van der Waals surface area (Å²) in [5.74, 6) is -1.39. The third-order valence-electron chi connectivity index (χ3n) is 3.41. The summed E-state index contributed by atoms with van der Waals surface area (Å²) < 4.78 is 24.2. The number of aliphatic carboxylic acids is 1. The van der Waals surface area contributed by atoms with E-state index in [0.717, 1.165) is 5.56 Å². The monoisotopic (exact) mass is 294 g/mol. The molecule has 0 aromatic heterocycles. The van der Waals surface area contributed by atoms with Gasteiger partial charge < -0.3 is 14.6 Å². The van der Waals surface area contributed by atoms with Gasteiger partial charge in [0, 0.05) is 5.57 Å². The molecular weight excluding hydrogens is 275 g/mol. The summed E-state index contributed by atoms with van der Waals surface area (Å²) in [7, 11) is 0. The van der Waals surface area contributed by atoms with Crippen LogP contribution in [-0.2, 0) is 14.3 Å². The second-order valence-electron chi connectivity index (χ2n) is 5.03. The van der Waals surface area contributed by atoms with E-state index in [1.165, 1.54) is 18.2 Å². The molecule has 0 amide bonds. The molecule has 1 aliphatic heterocycles. The highest BCUT2D eigenvalue weighted by atomic mass is 19.1. The van der Waals surface area contributed by atoms with Crippen LogP contribution in [0.4, 0.5) is 4.39 Å². The minimum Gasteiger partial charge on any atom is -0.478 e. The number of halogens is 1. The van der Waals surface area contributed by atoms with E-state index in [-0.39, 0.29) is 17.8 Å². The van der Waals surface area contributed by atoms with Crippen molar-refractivity contribution in [1.29, 1.82) is 0 Å². The smallest absolute Gasteiger partial charge is 0.331 e. The van der Waals surface area contributed by atoms with Gasteiger partial charge in [-0.2, -0.15) is 0 Å². The second kappa shape index (κ2) is 6.83. The van der Waals surface area contributed by atoms with Crippen LogP contribution < -0.4 is 0 Å². The topological polar surface area (TPSA) is 59.1 Å². The average molecular weight is 294 g/mol. The molecule has 1 aromatic rings. The van der Waals surface area contributed by atoms with Gasteiger partial charge in [0.15, 0.2) is 0 Å². The standard InChI is InChI=1S/C16H19FO4/c1-3-11(16(18)19)6-12-7-13(17)4-5-15(12)10(2)20-8-14-9-21-14/h4-7,10,14H,3,8-9H2,1-2H3,(H,18,19)/t10-,14?/m1/s1. The van der Waals surface area contributed by atoms with Crippen molar-refractivity contribution in [3.63, 3.8) is 0 Å². The van der Waals surface area contributed by atoms with Gasteiger partial charge in [-0.25, -0.2) is 9.18 Å². The van der Waals surface area contributed by atoms with Gasteiger partial charge in [-0.15, -0.1) is 0 Å². The fourth-order valence-corrected chi connectivity index (χ4v) is 2.05. The van der Waals surface area contributed by atoms with Gasteiger partial charge >= 0.3 is 5.97 Å². The maximum absolute atomic E-state index is 13.5. The highest BCUT2D eigenvalue weighted by Gasteiger charge is 2.24. The van der Waals surface area contributed by atoms with Crippen molar-refractivity contribution in [1.82, 2.24) is 0 Å². The summed E-state index contributed by atoms with van der Waals surface area (Å²) in [6, 6.07) is 4.32. The quantitative estimate of drug-likeness (QED) is 0.620. The predicted molar refractivity (Wildman–Crippen MR) is 76.4 cm³/mol. The number of rotatable bonds is 7. The van der Waals surface area contributed by atoms with Crippen LogP contribution in [0.1, 0.15) is 37.5 Å². The summed E-state index contributed by atoms with van der Waals surface area (Å²) in [5.41, 5.74) is 1.54. The van der Waals surface area contributed by atoms with E-state index in [2.05, 4.69) is 0 Å². The first kappa shape index (κ1) is 15.7. The number of carboxylic acid groups (broad SMARTS) is 1. The number of benzene rings is 1. The molecule has 0 saturated carbocycles. The number of hydrogen-bond acceptors (Lipinski definition) is 3. The van der Waals surface area contributed by atoms with Crippen molar-refractivity contribution in [3.8, 4) is 0 Å². The van der Waals surface area contributed by atoms with E-state index in [9.17, 15) is 9.18 Å². The Balaban J connectivity index is 2.25. The van der Waals surface area contributed by atoms with E-state index >= 15 is 0 Å². The maximum Gasteiger partial charge on any atom is 0.331 e. The number of epoxide rings is 1. The Hall–Kier alpha value is -1.72. The molecule has 0 spiro atoms. The largest absolute Gasteiger partial charge is 0.478 e. The molecular formula is C16H19FO4. The molecule has 0 aliphatic carbocycles. The fourth-order valence-electron chi connectivity index (χ4n) is 2.05. The van der Waals surface area contributed by atoms with Gasteiger partial charge in [0.1, 0.15) is 11.9 Å². The zero-order chi connectivity index (χ0) is 15.4. The molecule has 0 radical (unpaired) electrons. The van der Waals surface area contributed by atoms with Crippen LogP contribution in [0.5, 0.6) is 0 Å². The summed E-state index contributed by atoms with van der Waals surface area (Å²) in [6.45, 7) is 4.81. The lowest BCUT2D eigenvalue weighted by molar-refractivity contribution is -0.132. The van der Waals surface area contributed by atoms with Crippen LogP contribution in [0.15, 0.2) is 23.8 Å². The van der Waals surface area contributed by atoms with Crippen molar-refractivity contribution < 1.29 is 23.8 Å². The van der Waals surface area contributed by atoms with E-state index < -0.39 is 11.8 Å². The lowest BCUT2D eigenvalue weighted by atomic mass is 10.00. The molecule has 2 atom stereocenters. The molecule has 1 saturated heterocycles. The normalized spacial score (nSPS) is 19.4. The van der Waals surface area contributed by atoms with Gasteiger partial charge in [0.25, 0.3) is 0 Å². The van der Waals surface area contributed by atoms with Crippen molar-refractivity contribution >= 4 is 12.0 Å². The minimum atomic E-state index is -0.993. The van der Waals surface area contributed by atoms with Gasteiger partial charge in [-0.3, -0.25) is 0 Å². The molecule has 1 aromatic carbocycles. The van der Waals surface area contributed by atoms with Gasteiger partial charge in [0.05, 0.1) is 19.3 Å². The van der Waals surface area contributed by atoms with Crippen molar-refractivity contribution in [2.24, 2.45) is 0 Å². The molecule has 0 bridgehead atoms. The lowest BCUT2D eigenvalue weighted by Gasteiger charge is -2.16. The first-order valence-corrected chi connectivity index (χ1v) is 6.97. The van der Waals surface area contributed by atoms with Crippen LogP contribution in [0.3, 0.4) is 0 Å². The van der Waals surface area contributed by atoms with Gasteiger partial charge in [-0.05, 0) is 42.7 Å². The first-order chi connectivity index (χ1) is 10.0. The molecule has 1 unspecified atom stereocenters. The van der Waals surface area contributed by atoms with Crippen LogP contribution in [0, 0.1) is 5.82 Å². The minimum absolute atomic E-state index is 0.150. The molecule has 114 valence electrons. The van der Waals surface area contributed by atoms with Crippen molar-refractivity contribution in [2.75, 3.05) is 13.2 Å². The summed E-state index contributed by atoms with van der Waals surface area (Å²) >= 11 is 0. The summed E-state index contributed by atoms with van der Waals surface area (Å²) in [4.78, 5) is 11.1. The van der Waals surface area contributed by atoms with E-state index in [0.29, 0.717) is 25.2 Å². The number of hydrogen-bond donors (Lipinski definition) is 1. The van der Waals surface area contributed by atoms with E-state index in [1.807, 2.05) is 6.92 Å². The second-order valence-corrected chi connectivity index (χ2v) is 5.03. The molecule has 5 heteroatoms. The Labute approximate surface area is 123 Å². The Kier molecular flexibility index (Phi) is 5.09. The third-order valence-corrected chi connectivity index (χ3v) is 3.41. The first-order valence-electron chi connectivity index (χ1n) is 6.97. The van der Waals surface area contributed by atoms with Crippen molar-refractivity contribution in [3.05, 3.63) is 40.7 Å². The molecule has 21 heavy (non-hydrogen) atoms. The van der Waals surface area contributed by atoms with Crippen LogP contribution in [0.25, 0.3) is 6.08 Å². The molecule has 1 aliphatic rings. The van der Waals surface area contributed by atoms with E-state index in [4.69, 9.17) is 14.6 Å². The molecule has 1 fully saturated rings. The highest BCUT2D eigenvalue weighted by Crippen LogP contribution is 2.26. The Morgan fingerprint density at radius 1 is 1.62 bits per heavy atom. The Bertz CT molecular complexity index is 549. The van der Waals surface area contributed by atoms with Crippen molar-refractivity contribution in [2.45, 2.75) is 32.5 Å². The van der Waals surface area contributed by atoms with Crippen LogP contribution >= 0.6 is 0 Å². The zero-order valence-electron chi connectivity index (χ0n) is 12.1. The molecule has 4 nitrogen and oxygen atoms in total. The van der Waals surface area contributed by atoms with Crippen LogP contribution in [-0.4, -0.2) is 30.4 Å². The number of carbonyl (C=O) groups is 1. The fraction of sp³-hybridized carbons (Fsp3) is 0.438. The lowest BCUT2D eigenvalue weighted by Crippen LogP contribution is -2.08. The third kappa shape index (κ3) is 4.37. The van der Waals surface area contributed by atoms with Crippen LogP contribution in [0.2, 0.25) is 0 Å². The summed E-state index contributed by atoms with van der Waals surface area (Å²) in [5, 5.41) is 9.11. The molecule has 2 rings (SSSR count).